The number of nitrogens with one attached hydrogen (secondary N) is 1. The summed E-state index contributed by atoms with van der Waals surface area (Å²) >= 11 is 5.35. The predicted octanol–water partition coefficient (Wildman–Crippen LogP) is 4.10. The molecule has 2 rings (SSSR count). The van der Waals surface area contributed by atoms with Gasteiger partial charge in [0.15, 0.2) is 0 Å². The zero-order valence-electron chi connectivity index (χ0n) is 8.76. The molecule has 0 fully saturated rings. The fourth-order valence-corrected chi connectivity index (χ4v) is 3.33. The first-order chi connectivity index (χ1) is 7.36. The van der Waals surface area contributed by atoms with E-state index in [0.29, 0.717) is 0 Å². The van der Waals surface area contributed by atoms with Crippen LogP contribution in [0.25, 0.3) is 0 Å². The monoisotopic (exact) mass is 285 g/mol. The summed E-state index contributed by atoms with van der Waals surface area (Å²) in [5, 5.41) is 5.62. The van der Waals surface area contributed by atoms with E-state index < -0.39 is 0 Å². The highest BCUT2D eigenvalue weighted by Gasteiger charge is 2.04. The minimum atomic E-state index is 0.992. The summed E-state index contributed by atoms with van der Waals surface area (Å²) < 4.78 is 1.24. The number of allylic oxidation sites excluding steroid dienone is 1. The van der Waals surface area contributed by atoms with E-state index in [1.807, 2.05) is 11.3 Å². The van der Waals surface area contributed by atoms with Crippen LogP contribution in [-0.4, -0.2) is 6.54 Å². The first-order valence-corrected chi connectivity index (χ1v) is 7.14. The van der Waals surface area contributed by atoms with Crippen molar-refractivity contribution in [1.82, 2.24) is 5.32 Å². The summed E-state index contributed by atoms with van der Waals surface area (Å²) in [6.45, 7) is 2.10. The van der Waals surface area contributed by atoms with E-state index in [0.717, 1.165) is 13.1 Å². The molecule has 0 aromatic carbocycles. The highest BCUT2D eigenvalue weighted by Crippen LogP contribution is 2.22. The summed E-state index contributed by atoms with van der Waals surface area (Å²) in [5.41, 5.74) is 1.65. The largest absolute Gasteiger partial charge is 0.311 e. The van der Waals surface area contributed by atoms with E-state index in [1.54, 1.807) is 5.57 Å². The highest BCUT2D eigenvalue weighted by molar-refractivity contribution is 9.10. The number of thiophene rings is 1. The Hall–Kier alpha value is -0.120. The molecule has 82 valence electrons. The van der Waals surface area contributed by atoms with Gasteiger partial charge in [-0.2, -0.15) is 0 Å². The Balaban J connectivity index is 1.65. The molecule has 3 heteroatoms. The Labute approximate surface area is 104 Å². The smallest absolute Gasteiger partial charge is 0.0327 e. The van der Waals surface area contributed by atoms with Crippen molar-refractivity contribution in [3.63, 3.8) is 0 Å². The van der Waals surface area contributed by atoms with Crippen LogP contribution in [0.15, 0.2) is 27.6 Å². The molecule has 0 saturated carbocycles. The summed E-state index contributed by atoms with van der Waals surface area (Å²) in [5.74, 6) is 0. The number of hydrogen-bond acceptors (Lipinski definition) is 2. The van der Waals surface area contributed by atoms with Gasteiger partial charge < -0.3 is 5.32 Å². The van der Waals surface area contributed by atoms with Crippen molar-refractivity contribution in [3.8, 4) is 0 Å². The summed E-state index contributed by atoms with van der Waals surface area (Å²) in [6.07, 6.45) is 7.62. The minimum absolute atomic E-state index is 0.992. The lowest BCUT2D eigenvalue weighted by molar-refractivity contribution is 0.680. The third kappa shape index (κ3) is 3.44. The topological polar surface area (TPSA) is 12.0 Å². The van der Waals surface area contributed by atoms with Crippen LogP contribution >= 0.6 is 27.3 Å². The summed E-state index contributed by atoms with van der Waals surface area (Å²) in [7, 11) is 0. The molecule has 0 radical (unpaired) electrons. The average Bonchev–Trinajstić information content (AvgIpc) is 2.85. The third-order valence-electron chi connectivity index (χ3n) is 2.73. The molecule has 1 nitrogen and oxygen atoms in total. The first kappa shape index (κ1) is 11.4. The van der Waals surface area contributed by atoms with Crippen molar-refractivity contribution in [2.75, 3.05) is 6.54 Å². The highest BCUT2D eigenvalue weighted by atomic mass is 79.9. The van der Waals surface area contributed by atoms with Gasteiger partial charge in [-0.25, -0.2) is 0 Å². The van der Waals surface area contributed by atoms with Gasteiger partial charge in [0.2, 0.25) is 0 Å². The minimum Gasteiger partial charge on any atom is -0.311 e. The molecule has 0 bridgehead atoms. The second-order valence-corrected chi connectivity index (χ2v) is 5.73. The van der Waals surface area contributed by atoms with Crippen molar-refractivity contribution in [2.24, 2.45) is 0 Å². The lowest BCUT2D eigenvalue weighted by Crippen LogP contribution is -2.14. The molecule has 0 spiro atoms. The standard InChI is InChI=1S/C12H16BrNS/c13-11-6-8-15-12(11)9-14-7-5-10-3-1-2-4-10/h3,6,8,14H,1-2,4-5,7,9H2. The van der Waals surface area contributed by atoms with Gasteiger partial charge in [0.05, 0.1) is 0 Å². The molecule has 0 atom stereocenters. The second kappa shape index (κ2) is 5.83. The van der Waals surface area contributed by atoms with Crippen LogP contribution in [0.5, 0.6) is 0 Å². The van der Waals surface area contributed by atoms with E-state index in [-0.39, 0.29) is 0 Å². The Morgan fingerprint density at radius 2 is 2.40 bits per heavy atom. The maximum absolute atomic E-state index is 3.54. The van der Waals surface area contributed by atoms with Crippen molar-refractivity contribution < 1.29 is 0 Å². The first-order valence-electron chi connectivity index (χ1n) is 5.47. The normalized spacial score (nSPS) is 15.7. The molecular weight excluding hydrogens is 270 g/mol. The van der Waals surface area contributed by atoms with E-state index in [4.69, 9.17) is 0 Å². The molecule has 0 saturated heterocycles. The third-order valence-corrected chi connectivity index (χ3v) is 4.66. The SMILES string of the molecule is Brc1ccsc1CNCCC1=CCCC1. The van der Waals surface area contributed by atoms with Crippen molar-refractivity contribution in [1.29, 1.82) is 0 Å². The second-order valence-electron chi connectivity index (χ2n) is 3.87. The van der Waals surface area contributed by atoms with Gasteiger partial charge >= 0.3 is 0 Å². The van der Waals surface area contributed by atoms with Gasteiger partial charge in [-0.1, -0.05) is 11.6 Å². The van der Waals surface area contributed by atoms with E-state index >= 15 is 0 Å². The number of rotatable bonds is 5. The molecule has 1 aliphatic carbocycles. The Morgan fingerprint density at radius 1 is 1.47 bits per heavy atom. The van der Waals surface area contributed by atoms with Crippen molar-refractivity contribution >= 4 is 27.3 Å². The summed E-state index contributed by atoms with van der Waals surface area (Å²) in [6, 6.07) is 2.11. The van der Waals surface area contributed by atoms with Crippen molar-refractivity contribution in [3.05, 3.63) is 32.4 Å². The van der Waals surface area contributed by atoms with Gasteiger partial charge in [0.25, 0.3) is 0 Å². The van der Waals surface area contributed by atoms with Crippen molar-refractivity contribution in [2.45, 2.75) is 32.2 Å². The van der Waals surface area contributed by atoms with Gasteiger partial charge in [0, 0.05) is 15.9 Å². The van der Waals surface area contributed by atoms with Gasteiger partial charge in [-0.05, 0) is 59.6 Å². The zero-order chi connectivity index (χ0) is 10.5. The van der Waals surface area contributed by atoms with Gasteiger partial charge in [-0.15, -0.1) is 11.3 Å². The Morgan fingerprint density at radius 3 is 3.07 bits per heavy atom. The molecule has 1 N–H and O–H groups in total. The quantitative estimate of drug-likeness (QED) is 0.634. The van der Waals surface area contributed by atoms with Crippen LogP contribution < -0.4 is 5.32 Å². The fraction of sp³-hybridized carbons (Fsp3) is 0.500. The van der Waals surface area contributed by atoms with Crippen LogP contribution in [0.4, 0.5) is 0 Å². The fourth-order valence-electron chi connectivity index (χ4n) is 1.87. The Bertz CT molecular complexity index is 343. The van der Waals surface area contributed by atoms with Crippen LogP contribution in [0.2, 0.25) is 0 Å². The van der Waals surface area contributed by atoms with Crippen LogP contribution in [0.1, 0.15) is 30.6 Å². The molecule has 1 aromatic rings. The Kier molecular flexibility index (Phi) is 4.42. The molecule has 0 aliphatic heterocycles. The molecule has 0 unspecified atom stereocenters. The van der Waals surface area contributed by atoms with E-state index in [2.05, 4.69) is 38.8 Å². The van der Waals surface area contributed by atoms with Crippen LogP contribution in [0, 0.1) is 0 Å². The molecule has 15 heavy (non-hydrogen) atoms. The zero-order valence-corrected chi connectivity index (χ0v) is 11.2. The summed E-state index contributed by atoms with van der Waals surface area (Å²) in [4.78, 5) is 1.40. The average molecular weight is 286 g/mol. The van der Waals surface area contributed by atoms with E-state index in [9.17, 15) is 0 Å². The lowest BCUT2D eigenvalue weighted by atomic mass is 10.2. The lowest BCUT2D eigenvalue weighted by Gasteiger charge is -2.04. The molecular formula is C12H16BrNS. The molecule has 0 amide bonds. The molecule has 1 aliphatic rings. The maximum Gasteiger partial charge on any atom is 0.0327 e. The predicted molar refractivity (Wildman–Crippen MR) is 70.3 cm³/mol. The number of halogens is 1. The van der Waals surface area contributed by atoms with Gasteiger partial charge in [-0.3, -0.25) is 0 Å². The van der Waals surface area contributed by atoms with Crippen LogP contribution in [-0.2, 0) is 6.54 Å². The number of hydrogen-bond donors (Lipinski definition) is 1. The van der Waals surface area contributed by atoms with Gasteiger partial charge in [0.1, 0.15) is 0 Å². The molecule has 1 aromatic heterocycles. The van der Waals surface area contributed by atoms with Crippen LogP contribution in [0.3, 0.4) is 0 Å². The molecule has 1 heterocycles. The van der Waals surface area contributed by atoms with E-state index in [1.165, 1.54) is 35.0 Å². The maximum atomic E-state index is 3.54.